The number of anilines is 1. The number of aromatic hydroxyl groups is 1. The number of nitrogens with one attached hydrogen (secondary N) is 1. The van der Waals surface area contributed by atoms with Gasteiger partial charge in [0.2, 0.25) is 0 Å². The lowest BCUT2D eigenvalue weighted by molar-refractivity contribution is -0.139. The fourth-order valence-electron chi connectivity index (χ4n) is 2.82. The van der Waals surface area contributed by atoms with E-state index in [0.717, 1.165) is 10.9 Å². The number of rotatable bonds is 7. The molecule has 0 aliphatic rings. The van der Waals surface area contributed by atoms with Gasteiger partial charge in [0, 0.05) is 12.4 Å². The number of hydrogen-bond acceptors (Lipinski definition) is 8. The molecule has 35 heavy (non-hydrogen) atoms. The summed E-state index contributed by atoms with van der Waals surface area (Å²) in [5.74, 6) is -1.42. The number of para-hydroxylation sites is 1. The van der Waals surface area contributed by atoms with Crippen molar-refractivity contribution in [2.45, 2.75) is 38.8 Å². The maximum absolute atomic E-state index is 11.2. The summed E-state index contributed by atoms with van der Waals surface area (Å²) in [7, 11) is 1.70. The molecule has 8 N–H and O–H groups in total. The molecule has 2 aromatic carbocycles. The normalized spacial score (nSPS) is 11.9. The van der Waals surface area contributed by atoms with Gasteiger partial charge in [0.25, 0.3) is 0 Å². The number of carbonyl (C=O) groups is 2. The summed E-state index contributed by atoms with van der Waals surface area (Å²) in [6.07, 6.45) is 0.824. The molecular weight excluding hydrogens is 454 g/mol. The molecule has 0 aliphatic carbocycles. The van der Waals surface area contributed by atoms with E-state index in [1.165, 1.54) is 12.1 Å². The predicted molar refractivity (Wildman–Crippen MR) is 135 cm³/mol. The number of carboxylic acid groups (broad SMARTS) is 2. The monoisotopic (exact) mass is 487 g/mol. The highest BCUT2D eigenvalue weighted by atomic mass is 16.4. The van der Waals surface area contributed by atoms with Crippen molar-refractivity contribution in [3.63, 3.8) is 0 Å². The first-order valence-corrected chi connectivity index (χ1v) is 10.9. The van der Waals surface area contributed by atoms with E-state index in [1.807, 2.05) is 32.0 Å². The lowest BCUT2D eigenvalue weighted by atomic mass is 10.1. The summed E-state index contributed by atoms with van der Waals surface area (Å²) in [6.45, 7) is 3.89. The number of benzene rings is 2. The van der Waals surface area contributed by atoms with Crippen molar-refractivity contribution in [2.75, 3.05) is 12.4 Å². The standard InChI is InChI=1S/C10H9NO2.C9H11NO3.C6H13NO2/c1-11-8-6-7-4-2-3-5-9(7)13-10(8)12;10-8(9(12)13)5-6-1-3-7(11)4-2-6;1-4(2)3-5(7)6(8)9/h2-6,11H,1H3;1-4,8,11H,5,10H2,(H,12,13);4-5H,3,7H2,1-2H3,(H,8,9)/t;8-;5-/m.00/s1. The first-order valence-electron chi connectivity index (χ1n) is 10.9. The van der Waals surface area contributed by atoms with Crippen molar-refractivity contribution in [1.29, 1.82) is 0 Å². The fourth-order valence-corrected chi connectivity index (χ4v) is 2.82. The van der Waals surface area contributed by atoms with Gasteiger partial charge in [0.1, 0.15) is 29.1 Å². The molecule has 1 heterocycles. The van der Waals surface area contributed by atoms with Crippen molar-refractivity contribution in [3.8, 4) is 5.75 Å². The number of phenolic OH excluding ortho intramolecular Hbond substituents is 1. The molecule has 0 amide bonds. The van der Waals surface area contributed by atoms with Crippen LogP contribution in [-0.4, -0.2) is 46.4 Å². The van der Waals surface area contributed by atoms with E-state index in [-0.39, 0.29) is 17.8 Å². The molecule has 0 saturated carbocycles. The van der Waals surface area contributed by atoms with Crippen LogP contribution in [0.25, 0.3) is 11.0 Å². The van der Waals surface area contributed by atoms with Gasteiger partial charge >= 0.3 is 17.6 Å². The van der Waals surface area contributed by atoms with Crippen LogP contribution >= 0.6 is 0 Å². The van der Waals surface area contributed by atoms with Crippen molar-refractivity contribution < 1.29 is 29.3 Å². The van der Waals surface area contributed by atoms with E-state index < -0.39 is 24.0 Å². The maximum Gasteiger partial charge on any atom is 0.359 e. The molecule has 2 atom stereocenters. The maximum atomic E-state index is 11.2. The summed E-state index contributed by atoms with van der Waals surface area (Å²) < 4.78 is 5.07. The van der Waals surface area contributed by atoms with Crippen LogP contribution in [-0.2, 0) is 16.0 Å². The van der Waals surface area contributed by atoms with Gasteiger partial charge in [-0.05, 0) is 48.6 Å². The summed E-state index contributed by atoms with van der Waals surface area (Å²) in [4.78, 5) is 31.7. The highest BCUT2D eigenvalue weighted by Gasteiger charge is 2.12. The Balaban J connectivity index is 0.000000269. The van der Waals surface area contributed by atoms with Gasteiger partial charge in [-0.3, -0.25) is 9.59 Å². The third-order valence-corrected chi connectivity index (χ3v) is 4.66. The van der Waals surface area contributed by atoms with Gasteiger partial charge in [-0.15, -0.1) is 0 Å². The first kappa shape index (κ1) is 29.1. The number of fused-ring (bicyclic) bond motifs is 1. The minimum atomic E-state index is -1.02. The zero-order valence-corrected chi connectivity index (χ0v) is 20.0. The molecule has 0 bridgehead atoms. The Morgan fingerprint density at radius 2 is 1.54 bits per heavy atom. The molecule has 3 rings (SSSR count). The van der Waals surface area contributed by atoms with Crippen molar-refractivity contribution >= 4 is 28.6 Å². The van der Waals surface area contributed by atoms with E-state index in [2.05, 4.69) is 5.32 Å². The second kappa shape index (κ2) is 14.4. The topological polar surface area (TPSA) is 189 Å². The largest absolute Gasteiger partial charge is 0.508 e. The highest BCUT2D eigenvalue weighted by Crippen LogP contribution is 2.14. The van der Waals surface area contributed by atoms with Crippen molar-refractivity contribution in [3.05, 3.63) is 70.6 Å². The molecule has 0 radical (unpaired) electrons. The minimum Gasteiger partial charge on any atom is -0.508 e. The lowest BCUT2D eigenvalue weighted by Crippen LogP contribution is -2.32. The van der Waals surface area contributed by atoms with E-state index in [0.29, 0.717) is 23.6 Å². The van der Waals surface area contributed by atoms with Crippen LogP contribution in [0, 0.1) is 5.92 Å². The van der Waals surface area contributed by atoms with E-state index in [9.17, 15) is 14.4 Å². The van der Waals surface area contributed by atoms with Crippen LogP contribution in [0.2, 0.25) is 0 Å². The molecule has 0 aliphatic heterocycles. The molecule has 3 aromatic rings. The molecule has 10 heteroatoms. The Morgan fingerprint density at radius 3 is 2.03 bits per heavy atom. The second-order valence-corrected chi connectivity index (χ2v) is 8.12. The van der Waals surface area contributed by atoms with Crippen LogP contribution in [0.5, 0.6) is 5.75 Å². The quantitative estimate of drug-likeness (QED) is 0.270. The van der Waals surface area contributed by atoms with E-state index in [4.69, 9.17) is 31.2 Å². The average Bonchev–Trinajstić information content (AvgIpc) is 2.80. The van der Waals surface area contributed by atoms with Gasteiger partial charge in [-0.2, -0.15) is 0 Å². The molecule has 0 saturated heterocycles. The van der Waals surface area contributed by atoms with Gasteiger partial charge < -0.3 is 36.5 Å². The second-order valence-electron chi connectivity index (χ2n) is 8.12. The highest BCUT2D eigenvalue weighted by molar-refractivity contribution is 5.79. The molecule has 190 valence electrons. The zero-order chi connectivity index (χ0) is 26.5. The smallest absolute Gasteiger partial charge is 0.359 e. The van der Waals surface area contributed by atoms with Gasteiger partial charge in [0.15, 0.2) is 0 Å². The molecule has 0 fully saturated rings. The molecule has 1 aromatic heterocycles. The van der Waals surface area contributed by atoms with E-state index in [1.54, 1.807) is 31.3 Å². The van der Waals surface area contributed by atoms with E-state index >= 15 is 0 Å². The van der Waals surface area contributed by atoms with Crippen LogP contribution in [0.4, 0.5) is 5.69 Å². The average molecular weight is 488 g/mol. The predicted octanol–water partition coefficient (Wildman–Crippen LogP) is 2.63. The van der Waals surface area contributed by atoms with Gasteiger partial charge in [-0.25, -0.2) is 4.79 Å². The number of aliphatic carboxylic acids is 2. The third-order valence-electron chi connectivity index (χ3n) is 4.66. The Hall–Kier alpha value is -3.89. The summed E-state index contributed by atoms with van der Waals surface area (Å²) in [5, 5.41) is 29.5. The van der Waals surface area contributed by atoms with Crippen LogP contribution < -0.4 is 22.4 Å². The van der Waals surface area contributed by atoms with Crippen molar-refractivity contribution in [2.24, 2.45) is 17.4 Å². The van der Waals surface area contributed by atoms with Gasteiger partial charge in [0.05, 0.1) is 0 Å². The Labute approximate surface area is 203 Å². The Morgan fingerprint density at radius 1 is 0.971 bits per heavy atom. The van der Waals surface area contributed by atoms with Gasteiger partial charge in [-0.1, -0.05) is 44.2 Å². The van der Waals surface area contributed by atoms with Crippen LogP contribution in [0.1, 0.15) is 25.8 Å². The Bertz CT molecular complexity index is 1140. The number of phenols is 1. The zero-order valence-electron chi connectivity index (χ0n) is 20.0. The number of hydrogen-bond donors (Lipinski definition) is 6. The summed E-state index contributed by atoms with van der Waals surface area (Å²) >= 11 is 0. The summed E-state index contributed by atoms with van der Waals surface area (Å²) in [5.41, 5.74) is 12.1. The third kappa shape index (κ3) is 10.7. The number of carboxylic acids is 2. The SMILES string of the molecule is CC(C)C[C@H](N)C(=O)O.CNc1cc2ccccc2oc1=O.N[C@@H](Cc1ccc(O)cc1)C(=O)O. The first-order chi connectivity index (χ1) is 16.4. The minimum absolute atomic E-state index is 0.160. The molecular formula is C25H33N3O7. The Kier molecular flexibility index (Phi) is 12.0. The van der Waals surface area contributed by atoms with Crippen molar-refractivity contribution in [1.82, 2.24) is 0 Å². The van der Waals surface area contributed by atoms with Crippen LogP contribution in [0.3, 0.4) is 0 Å². The molecule has 10 nitrogen and oxygen atoms in total. The summed E-state index contributed by atoms with van der Waals surface area (Å²) in [6, 6.07) is 13.9. The fraction of sp³-hybridized carbons (Fsp3) is 0.320. The number of nitrogens with two attached hydrogens (primary N) is 2. The molecule has 0 spiro atoms. The van der Waals surface area contributed by atoms with Crippen LogP contribution in [0.15, 0.2) is 63.8 Å². The lowest BCUT2D eigenvalue weighted by Gasteiger charge is -2.07. The molecule has 0 unspecified atom stereocenters.